The van der Waals surface area contributed by atoms with Gasteiger partial charge in [-0.25, -0.2) is 9.97 Å². The molecule has 0 spiro atoms. The molecule has 1 aromatic rings. The Kier molecular flexibility index (Phi) is 3.92. The first-order valence-corrected chi connectivity index (χ1v) is 7.94. The van der Waals surface area contributed by atoms with Gasteiger partial charge < -0.3 is 10.2 Å². The molecular formula is C16H26N4. The van der Waals surface area contributed by atoms with Crippen LogP contribution in [0.4, 0.5) is 5.95 Å². The predicted octanol–water partition coefficient (Wildman–Crippen LogP) is 2.52. The number of aryl methyl sites for hydroxylation is 1. The number of rotatable bonds is 5. The Morgan fingerprint density at radius 1 is 1.35 bits per heavy atom. The van der Waals surface area contributed by atoms with Crippen LogP contribution in [0.15, 0.2) is 6.20 Å². The summed E-state index contributed by atoms with van der Waals surface area (Å²) in [6.45, 7) is 9.84. The van der Waals surface area contributed by atoms with Crippen molar-refractivity contribution in [1.29, 1.82) is 0 Å². The van der Waals surface area contributed by atoms with Gasteiger partial charge in [0.1, 0.15) is 0 Å². The second-order valence-corrected chi connectivity index (χ2v) is 6.67. The molecule has 4 heteroatoms. The molecule has 1 N–H and O–H groups in total. The van der Waals surface area contributed by atoms with Crippen molar-refractivity contribution in [2.24, 2.45) is 11.8 Å². The average Bonchev–Trinajstić information content (AvgIpc) is 3.11. The minimum absolute atomic E-state index is 0.736. The first-order chi connectivity index (χ1) is 9.63. The molecule has 3 rings (SSSR count). The van der Waals surface area contributed by atoms with Crippen molar-refractivity contribution in [1.82, 2.24) is 15.3 Å². The lowest BCUT2D eigenvalue weighted by molar-refractivity contribution is 0.422. The topological polar surface area (TPSA) is 41.1 Å². The standard InChI is InChI=1S/C16H26N4/c1-11(2)13-6-7-20(10-13)16-18-9-14(12(3)19-16)8-17-15-4-5-15/h9,11,13,15,17H,4-8,10H2,1-3H3. The molecule has 0 aromatic carbocycles. The molecule has 0 bridgehead atoms. The summed E-state index contributed by atoms with van der Waals surface area (Å²) in [5.74, 6) is 2.46. The molecule has 1 saturated heterocycles. The first kappa shape index (κ1) is 13.8. The molecule has 20 heavy (non-hydrogen) atoms. The van der Waals surface area contributed by atoms with E-state index in [0.29, 0.717) is 0 Å². The Bertz CT molecular complexity index is 468. The molecule has 2 heterocycles. The van der Waals surface area contributed by atoms with Crippen LogP contribution < -0.4 is 10.2 Å². The molecule has 4 nitrogen and oxygen atoms in total. The normalized spacial score (nSPS) is 22.8. The fourth-order valence-electron chi connectivity index (χ4n) is 2.86. The average molecular weight is 274 g/mol. The van der Waals surface area contributed by atoms with E-state index in [1.165, 1.54) is 24.8 Å². The van der Waals surface area contributed by atoms with Crippen LogP contribution in [-0.4, -0.2) is 29.1 Å². The summed E-state index contributed by atoms with van der Waals surface area (Å²) in [5, 5.41) is 3.53. The molecule has 1 saturated carbocycles. The minimum atomic E-state index is 0.736. The third-order valence-electron chi connectivity index (χ3n) is 4.68. The lowest BCUT2D eigenvalue weighted by atomic mass is 9.95. The molecule has 1 unspecified atom stereocenters. The van der Waals surface area contributed by atoms with Gasteiger partial charge in [-0.3, -0.25) is 0 Å². The van der Waals surface area contributed by atoms with Crippen molar-refractivity contribution in [3.8, 4) is 0 Å². The number of anilines is 1. The van der Waals surface area contributed by atoms with E-state index >= 15 is 0 Å². The minimum Gasteiger partial charge on any atom is -0.341 e. The number of hydrogen-bond acceptors (Lipinski definition) is 4. The largest absolute Gasteiger partial charge is 0.341 e. The van der Waals surface area contributed by atoms with Gasteiger partial charge in [-0.1, -0.05) is 13.8 Å². The molecule has 1 aliphatic carbocycles. The maximum Gasteiger partial charge on any atom is 0.225 e. The Morgan fingerprint density at radius 3 is 2.75 bits per heavy atom. The molecule has 0 radical (unpaired) electrons. The number of aromatic nitrogens is 2. The summed E-state index contributed by atoms with van der Waals surface area (Å²) < 4.78 is 0. The zero-order valence-electron chi connectivity index (χ0n) is 12.9. The molecule has 2 fully saturated rings. The van der Waals surface area contributed by atoms with Crippen LogP contribution in [0.2, 0.25) is 0 Å². The second kappa shape index (κ2) is 5.68. The molecule has 0 amide bonds. The molecule has 2 aliphatic rings. The zero-order valence-corrected chi connectivity index (χ0v) is 12.9. The zero-order chi connectivity index (χ0) is 14.1. The highest BCUT2D eigenvalue weighted by Crippen LogP contribution is 2.26. The van der Waals surface area contributed by atoms with Gasteiger partial charge in [0.15, 0.2) is 0 Å². The van der Waals surface area contributed by atoms with Crippen LogP contribution in [0.1, 0.15) is 44.4 Å². The second-order valence-electron chi connectivity index (χ2n) is 6.67. The quantitative estimate of drug-likeness (QED) is 0.896. The molecule has 1 atom stereocenters. The van der Waals surface area contributed by atoms with E-state index in [2.05, 4.69) is 36.0 Å². The van der Waals surface area contributed by atoms with E-state index < -0.39 is 0 Å². The summed E-state index contributed by atoms with van der Waals surface area (Å²) in [6.07, 6.45) is 5.92. The van der Waals surface area contributed by atoms with Gasteiger partial charge in [0, 0.05) is 43.1 Å². The number of hydrogen-bond donors (Lipinski definition) is 1. The fourth-order valence-corrected chi connectivity index (χ4v) is 2.86. The Hall–Kier alpha value is -1.16. The maximum absolute atomic E-state index is 4.72. The van der Waals surface area contributed by atoms with Gasteiger partial charge >= 0.3 is 0 Å². The highest BCUT2D eigenvalue weighted by atomic mass is 15.3. The monoisotopic (exact) mass is 274 g/mol. The first-order valence-electron chi connectivity index (χ1n) is 7.94. The van der Waals surface area contributed by atoms with E-state index in [0.717, 1.165) is 49.2 Å². The van der Waals surface area contributed by atoms with Crippen LogP contribution >= 0.6 is 0 Å². The van der Waals surface area contributed by atoms with E-state index in [9.17, 15) is 0 Å². The Balaban J connectivity index is 1.64. The van der Waals surface area contributed by atoms with Gasteiger partial charge in [-0.05, 0) is 38.0 Å². The van der Waals surface area contributed by atoms with Crippen molar-refractivity contribution in [3.63, 3.8) is 0 Å². The van der Waals surface area contributed by atoms with Crippen molar-refractivity contribution in [3.05, 3.63) is 17.5 Å². The van der Waals surface area contributed by atoms with Gasteiger partial charge in [0.05, 0.1) is 0 Å². The molecular weight excluding hydrogens is 248 g/mol. The van der Waals surface area contributed by atoms with Crippen molar-refractivity contribution in [2.45, 2.75) is 52.6 Å². The van der Waals surface area contributed by atoms with Gasteiger partial charge in [0.2, 0.25) is 5.95 Å². The summed E-state index contributed by atoms with van der Waals surface area (Å²) in [5.41, 5.74) is 2.36. The summed E-state index contributed by atoms with van der Waals surface area (Å²) in [4.78, 5) is 11.7. The lowest BCUT2D eigenvalue weighted by Crippen LogP contribution is -2.24. The predicted molar refractivity (Wildman–Crippen MR) is 81.8 cm³/mol. The van der Waals surface area contributed by atoms with Gasteiger partial charge in [-0.2, -0.15) is 0 Å². The summed E-state index contributed by atoms with van der Waals surface area (Å²) in [6, 6.07) is 0.736. The highest BCUT2D eigenvalue weighted by Gasteiger charge is 2.26. The van der Waals surface area contributed by atoms with Crippen LogP contribution in [0.3, 0.4) is 0 Å². The molecule has 1 aromatic heterocycles. The number of nitrogens with zero attached hydrogens (tertiary/aromatic N) is 3. The third kappa shape index (κ3) is 3.11. The molecule has 110 valence electrons. The van der Waals surface area contributed by atoms with Crippen LogP contribution in [-0.2, 0) is 6.54 Å². The highest BCUT2D eigenvalue weighted by molar-refractivity contribution is 5.34. The maximum atomic E-state index is 4.72. The van der Waals surface area contributed by atoms with Crippen molar-refractivity contribution in [2.75, 3.05) is 18.0 Å². The summed E-state index contributed by atoms with van der Waals surface area (Å²) >= 11 is 0. The van der Waals surface area contributed by atoms with Crippen molar-refractivity contribution >= 4 is 5.95 Å². The van der Waals surface area contributed by atoms with E-state index in [4.69, 9.17) is 4.98 Å². The van der Waals surface area contributed by atoms with E-state index in [-0.39, 0.29) is 0 Å². The third-order valence-corrected chi connectivity index (χ3v) is 4.68. The van der Waals surface area contributed by atoms with E-state index in [1.54, 1.807) is 0 Å². The lowest BCUT2D eigenvalue weighted by Gasteiger charge is -2.19. The smallest absolute Gasteiger partial charge is 0.225 e. The Morgan fingerprint density at radius 2 is 2.15 bits per heavy atom. The summed E-state index contributed by atoms with van der Waals surface area (Å²) in [7, 11) is 0. The fraction of sp³-hybridized carbons (Fsp3) is 0.750. The SMILES string of the molecule is Cc1nc(N2CCC(C(C)C)C2)ncc1CNC1CC1. The van der Waals surface area contributed by atoms with Crippen LogP contribution in [0, 0.1) is 18.8 Å². The number of nitrogens with one attached hydrogen (secondary N) is 1. The van der Waals surface area contributed by atoms with E-state index in [1.807, 2.05) is 6.20 Å². The van der Waals surface area contributed by atoms with Crippen LogP contribution in [0.25, 0.3) is 0 Å². The Labute approximate surface area is 122 Å². The van der Waals surface area contributed by atoms with Gasteiger partial charge in [-0.15, -0.1) is 0 Å². The van der Waals surface area contributed by atoms with Gasteiger partial charge in [0.25, 0.3) is 0 Å². The van der Waals surface area contributed by atoms with Crippen LogP contribution in [0.5, 0.6) is 0 Å². The van der Waals surface area contributed by atoms with Crippen molar-refractivity contribution < 1.29 is 0 Å². The molecule has 1 aliphatic heterocycles.